The van der Waals surface area contributed by atoms with Gasteiger partial charge in [0.15, 0.2) is 11.8 Å². The Labute approximate surface area is 193 Å². The number of aliphatic imine (C=N–C) groups is 1. The maximum absolute atomic E-state index is 4.70. The number of guanidine groups is 1. The summed E-state index contributed by atoms with van der Waals surface area (Å²) in [5.74, 6) is 2.10. The molecular formula is C21H29IN6S. The SMILES string of the molecule is CCNC(=NCc1ccc(-n2nc(C)cc2C)nc1)NCC(C)c1cccs1.I. The van der Waals surface area contributed by atoms with Crippen LogP contribution < -0.4 is 10.6 Å². The van der Waals surface area contributed by atoms with Gasteiger partial charge in [0.2, 0.25) is 0 Å². The Morgan fingerprint density at radius 3 is 2.66 bits per heavy atom. The number of nitrogens with one attached hydrogen (secondary N) is 2. The normalized spacial score (nSPS) is 12.3. The highest BCUT2D eigenvalue weighted by Gasteiger charge is 2.08. The van der Waals surface area contributed by atoms with Crippen molar-refractivity contribution in [3.63, 3.8) is 0 Å². The van der Waals surface area contributed by atoms with Crippen LogP contribution >= 0.6 is 35.3 Å². The minimum Gasteiger partial charge on any atom is -0.357 e. The molecule has 1 atom stereocenters. The number of halogens is 1. The number of aryl methyl sites for hydroxylation is 2. The van der Waals surface area contributed by atoms with Gasteiger partial charge in [-0.05, 0) is 49.9 Å². The molecule has 156 valence electrons. The lowest BCUT2D eigenvalue weighted by Gasteiger charge is -2.15. The lowest BCUT2D eigenvalue weighted by atomic mass is 10.1. The highest BCUT2D eigenvalue weighted by Crippen LogP contribution is 2.19. The van der Waals surface area contributed by atoms with E-state index in [1.807, 2.05) is 36.9 Å². The van der Waals surface area contributed by atoms with E-state index in [0.717, 1.165) is 41.8 Å². The molecule has 3 aromatic rings. The zero-order chi connectivity index (χ0) is 19.9. The van der Waals surface area contributed by atoms with Crippen LogP contribution in [0.15, 0.2) is 46.9 Å². The second kappa shape index (κ2) is 11.3. The number of hydrogen-bond acceptors (Lipinski definition) is 4. The Morgan fingerprint density at radius 1 is 1.24 bits per heavy atom. The molecular weight excluding hydrogens is 495 g/mol. The lowest BCUT2D eigenvalue weighted by molar-refractivity contribution is 0.709. The molecule has 0 amide bonds. The Hall–Kier alpha value is -1.94. The van der Waals surface area contributed by atoms with Crippen LogP contribution in [-0.4, -0.2) is 33.8 Å². The first kappa shape index (κ1) is 23.3. The molecule has 0 spiro atoms. The molecule has 8 heteroatoms. The van der Waals surface area contributed by atoms with E-state index in [2.05, 4.69) is 58.1 Å². The number of hydrogen-bond donors (Lipinski definition) is 2. The van der Waals surface area contributed by atoms with E-state index in [-0.39, 0.29) is 24.0 Å². The van der Waals surface area contributed by atoms with Crippen LogP contribution in [0.5, 0.6) is 0 Å². The van der Waals surface area contributed by atoms with Crippen molar-refractivity contribution in [2.24, 2.45) is 4.99 Å². The highest BCUT2D eigenvalue weighted by molar-refractivity contribution is 14.0. The van der Waals surface area contributed by atoms with Gasteiger partial charge in [0.05, 0.1) is 12.2 Å². The van der Waals surface area contributed by atoms with Crippen LogP contribution in [0.25, 0.3) is 5.82 Å². The van der Waals surface area contributed by atoms with Crippen molar-refractivity contribution in [1.82, 2.24) is 25.4 Å². The maximum atomic E-state index is 4.70. The molecule has 0 aliphatic rings. The summed E-state index contributed by atoms with van der Waals surface area (Å²) in [5, 5.41) is 13.3. The van der Waals surface area contributed by atoms with Crippen molar-refractivity contribution in [1.29, 1.82) is 0 Å². The molecule has 0 aliphatic heterocycles. The van der Waals surface area contributed by atoms with E-state index >= 15 is 0 Å². The van der Waals surface area contributed by atoms with Crippen LogP contribution in [-0.2, 0) is 6.54 Å². The van der Waals surface area contributed by atoms with Crippen LogP contribution in [0.2, 0.25) is 0 Å². The predicted molar refractivity (Wildman–Crippen MR) is 132 cm³/mol. The second-order valence-corrected chi connectivity index (χ2v) is 7.84. The summed E-state index contributed by atoms with van der Waals surface area (Å²) in [7, 11) is 0. The zero-order valence-corrected chi connectivity index (χ0v) is 20.5. The third kappa shape index (κ3) is 6.53. The van der Waals surface area contributed by atoms with Gasteiger partial charge in [0, 0.05) is 35.8 Å². The van der Waals surface area contributed by atoms with E-state index in [0.29, 0.717) is 12.5 Å². The van der Waals surface area contributed by atoms with Gasteiger partial charge in [-0.2, -0.15) is 5.10 Å². The molecule has 3 aromatic heterocycles. The molecule has 0 saturated heterocycles. The number of pyridine rings is 1. The smallest absolute Gasteiger partial charge is 0.191 e. The van der Waals surface area contributed by atoms with Gasteiger partial charge < -0.3 is 10.6 Å². The van der Waals surface area contributed by atoms with Gasteiger partial charge in [-0.3, -0.25) is 0 Å². The van der Waals surface area contributed by atoms with E-state index in [1.54, 1.807) is 11.3 Å². The standard InChI is InChI=1S/C21H28N6S.HI/c1-5-22-21(24-12-15(2)19-7-6-10-28-19)25-14-18-8-9-20(23-13-18)27-17(4)11-16(3)26-27;/h6-11,13,15H,5,12,14H2,1-4H3,(H2,22,24,25);1H. The Kier molecular flexibility index (Phi) is 9.09. The van der Waals surface area contributed by atoms with Crippen molar-refractivity contribution in [3.8, 4) is 5.82 Å². The van der Waals surface area contributed by atoms with Gasteiger partial charge in [-0.1, -0.05) is 19.1 Å². The maximum Gasteiger partial charge on any atom is 0.191 e. The molecule has 29 heavy (non-hydrogen) atoms. The number of rotatable bonds is 7. The fourth-order valence-corrected chi connectivity index (χ4v) is 3.72. The molecule has 3 rings (SSSR count). The average Bonchev–Trinajstić information content (AvgIpc) is 3.34. The zero-order valence-electron chi connectivity index (χ0n) is 17.3. The summed E-state index contributed by atoms with van der Waals surface area (Å²) in [6.45, 7) is 10.6. The number of nitrogens with zero attached hydrogens (tertiary/aromatic N) is 4. The molecule has 0 radical (unpaired) electrons. The summed E-state index contributed by atoms with van der Waals surface area (Å²) in [6, 6.07) is 10.4. The largest absolute Gasteiger partial charge is 0.357 e. The van der Waals surface area contributed by atoms with Crippen molar-refractivity contribution in [3.05, 3.63) is 63.7 Å². The molecule has 0 bridgehead atoms. The minimum atomic E-state index is 0. The van der Waals surface area contributed by atoms with Crippen molar-refractivity contribution in [2.75, 3.05) is 13.1 Å². The molecule has 0 aromatic carbocycles. The molecule has 2 N–H and O–H groups in total. The van der Waals surface area contributed by atoms with Gasteiger partial charge >= 0.3 is 0 Å². The molecule has 0 fully saturated rings. The lowest BCUT2D eigenvalue weighted by Crippen LogP contribution is -2.39. The molecule has 0 saturated carbocycles. The Morgan fingerprint density at radius 2 is 2.07 bits per heavy atom. The fraction of sp³-hybridized carbons (Fsp3) is 0.381. The third-order valence-electron chi connectivity index (χ3n) is 4.40. The molecule has 3 heterocycles. The second-order valence-electron chi connectivity index (χ2n) is 6.86. The molecule has 6 nitrogen and oxygen atoms in total. The van der Waals surface area contributed by atoms with Crippen molar-refractivity contribution < 1.29 is 0 Å². The summed E-state index contributed by atoms with van der Waals surface area (Å²) in [4.78, 5) is 10.6. The third-order valence-corrected chi connectivity index (χ3v) is 5.51. The first-order valence-corrected chi connectivity index (χ1v) is 10.5. The van der Waals surface area contributed by atoms with Gasteiger partial charge in [0.1, 0.15) is 0 Å². The Balaban J connectivity index is 0.00000300. The van der Waals surface area contributed by atoms with E-state index in [4.69, 9.17) is 4.99 Å². The summed E-state index contributed by atoms with van der Waals surface area (Å²) in [5.41, 5.74) is 3.13. The van der Waals surface area contributed by atoms with Crippen LogP contribution in [0.1, 0.15) is 41.6 Å². The Bertz CT molecular complexity index is 902. The van der Waals surface area contributed by atoms with Gasteiger partial charge in [-0.15, -0.1) is 35.3 Å². The highest BCUT2D eigenvalue weighted by atomic mass is 127. The predicted octanol–water partition coefficient (Wildman–Crippen LogP) is 4.42. The number of thiophene rings is 1. The summed E-state index contributed by atoms with van der Waals surface area (Å²) in [6.07, 6.45) is 1.87. The van der Waals surface area contributed by atoms with Crippen LogP contribution in [0.3, 0.4) is 0 Å². The van der Waals surface area contributed by atoms with Crippen molar-refractivity contribution >= 4 is 41.3 Å². The average molecular weight is 524 g/mol. The number of aromatic nitrogens is 3. The molecule has 1 unspecified atom stereocenters. The van der Waals surface area contributed by atoms with Crippen LogP contribution in [0, 0.1) is 13.8 Å². The quantitative estimate of drug-likeness (QED) is 0.273. The molecule has 0 aliphatic carbocycles. The fourth-order valence-electron chi connectivity index (χ4n) is 2.93. The first-order chi connectivity index (χ1) is 13.6. The van der Waals surface area contributed by atoms with Gasteiger partial charge in [-0.25, -0.2) is 14.7 Å². The first-order valence-electron chi connectivity index (χ1n) is 9.61. The van der Waals surface area contributed by atoms with E-state index in [9.17, 15) is 0 Å². The van der Waals surface area contributed by atoms with Crippen molar-refractivity contribution in [2.45, 2.75) is 40.2 Å². The van der Waals surface area contributed by atoms with E-state index < -0.39 is 0 Å². The van der Waals surface area contributed by atoms with Gasteiger partial charge in [0.25, 0.3) is 0 Å². The van der Waals surface area contributed by atoms with Crippen LogP contribution in [0.4, 0.5) is 0 Å². The minimum absolute atomic E-state index is 0. The van der Waals surface area contributed by atoms with E-state index in [1.165, 1.54) is 4.88 Å². The summed E-state index contributed by atoms with van der Waals surface area (Å²) >= 11 is 1.79. The topological polar surface area (TPSA) is 67.1 Å². The summed E-state index contributed by atoms with van der Waals surface area (Å²) < 4.78 is 1.86. The monoisotopic (exact) mass is 524 g/mol.